The van der Waals surface area contributed by atoms with Gasteiger partial charge in [0.15, 0.2) is 0 Å². The zero-order valence-corrected chi connectivity index (χ0v) is 15.4. The first-order chi connectivity index (χ1) is 12.5. The van der Waals surface area contributed by atoms with Gasteiger partial charge in [0.25, 0.3) is 10.0 Å². The summed E-state index contributed by atoms with van der Waals surface area (Å²) in [6.07, 6.45) is 7.55. The summed E-state index contributed by atoms with van der Waals surface area (Å²) in [7, 11) is -3.96. The van der Waals surface area contributed by atoms with Gasteiger partial charge in [-0.2, -0.15) is 0 Å². The number of pyridine rings is 1. The third-order valence-corrected chi connectivity index (χ3v) is 6.65. The first-order valence-electron chi connectivity index (χ1n) is 8.87. The topological polar surface area (TPSA) is 88.2 Å². The molecule has 2 N–H and O–H groups in total. The van der Waals surface area contributed by atoms with E-state index in [0.29, 0.717) is 5.69 Å². The van der Waals surface area contributed by atoms with Crippen molar-refractivity contribution in [1.82, 2.24) is 9.71 Å². The molecule has 0 unspecified atom stereocenters. The van der Waals surface area contributed by atoms with Gasteiger partial charge >= 0.3 is 6.03 Å². The minimum atomic E-state index is -3.96. The highest BCUT2D eigenvalue weighted by atomic mass is 32.2. The van der Waals surface area contributed by atoms with E-state index in [4.69, 9.17) is 0 Å². The fourth-order valence-corrected chi connectivity index (χ4v) is 5.14. The summed E-state index contributed by atoms with van der Waals surface area (Å²) >= 11 is 0. The summed E-state index contributed by atoms with van der Waals surface area (Å²) in [6.45, 7) is 1.60. The van der Waals surface area contributed by atoms with Crippen molar-refractivity contribution in [3.63, 3.8) is 0 Å². The maximum absolute atomic E-state index is 12.5. The Morgan fingerprint density at radius 2 is 1.73 bits per heavy atom. The molecule has 2 amide bonds. The number of carbonyl (C=O) groups is 1. The molecule has 0 bridgehead atoms. The smallest absolute Gasteiger partial charge is 0.307 e. The Balaban J connectivity index is 1.61. The molecule has 0 fully saturated rings. The first-order valence-corrected chi connectivity index (χ1v) is 10.4. The van der Waals surface area contributed by atoms with Crippen LogP contribution in [0.2, 0.25) is 0 Å². The van der Waals surface area contributed by atoms with Crippen molar-refractivity contribution in [3.8, 4) is 0 Å². The van der Waals surface area contributed by atoms with E-state index in [0.717, 1.165) is 55.3 Å². The number of hydrogen-bond acceptors (Lipinski definition) is 4. The number of amides is 2. The van der Waals surface area contributed by atoms with E-state index in [-0.39, 0.29) is 4.90 Å². The molecule has 136 valence electrons. The second-order valence-corrected chi connectivity index (χ2v) is 8.53. The van der Waals surface area contributed by atoms with E-state index in [1.54, 1.807) is 6.92 Å². The Morgan fingerprint density at radius 3 is 2.35 bits per heavy atom. The fraction of sp³-hybridized carbons (Fsp3) is 0.368. The number of hydrogen-bond donors (Lipinski definition) is 2. The van der Waals surface area contributed by atoms with Gasteiger partial charge in [0.2, 0.25) is 0 Å². The van der Waals surface area contributed by atoms with Crippen LogP contribution in [0.15, 0.2) is 29.3 Å². The van der Waals surface area contributed by atoms with Gasteiger partial charge in [-0.3, -0.25) is 4.98 Å². The Kier molecular flexibility index (Phi) is 4.19. The molecule has 2 aliphatic carbocycles. The molecule has 1 aromatic heterocycles. The number of carbonyl (C=O) groups excluding carboxylic acids is 1. The predicted octanol–water partition coefficient (Wildman–Crippen LogP) is 2.88. The quantitative estimate of drug-likeness (QED) is 0.868. The third kappa shape index (κ3) is 2.96. The van der Waals surface area contributed by atoms with Gasteiger partial charge in [-0.25, -0.2) is 17.9 Å². The molecule has 6 nitrogen and oxygen atoms in total. The zero-order chi connectivity index (χ0) is 18.3. The van der Waals surface area contributed by atoms with Crippen molar-refractivity contribution in [3.05, 3.63) is 52.3 Å². The minimum Gasteiger partial charge on any atom is -0.307 e. The molecule has 4 rings (SSSR count). The number of urea groups is 1. The SMILES string of the molecule is Cc1ncccc1S(=O)(=O)NC(=O)Nc1c2c(cc3c1CCC3)CCC2. The summed E-state index contributed by atoms with van der Waals surface area (Å²) in [5.41, 5.74) is 6.07. The van der Waals surface area contributed by atoms with E-state index in [2.05, 4.69) is 21.1 Å². The standard InChI is InChI=1S/C19H21N3O3S/c1-12-17(9-4-10-20-12)26(24,25)22-19(23)21-18-15-7-2-5-13(15)11-14-6-3-8-16(14)18/h4,9-11H,2-3,5-8H2,1H3,(H2,21,22,23). The van der Waals surface area contributed by atoms with Crippen LogP contribution in [0.3, 0.4) is 0 Å². The number of benzene rings is 1. The van der Waals surface area contributed by atoms with E-state index >= 15 is 0 Å². The van der Waals surface area contributed by atoms with Crippen molar-refractivity contribution < 1.29 is 13.2 Å². The molecule has 0 atom stereocenters. The number of aromatic nitrogens is 1. The van der Waals surface area contributed by atoms with Crippen molar-refractivity contribution in [1.29, 1.82) is 0 Å². The monoisotopic (exact) mass is 371 g/mol. The van der Waals surface area contributed by atoms with Crippen LogP contribution in [-0.2, 0) is 35.7 Å². The molecule has 0 spiro atoms. The van der Waals surface area contributed by atoms with Crippen molar-refractivity contribution in [2.24, 2.45) is 0 Å². The summed E-state index contributed by atoms with van der Waals surface area (Å²) < 4.78 is 27.1. The Hall–Kier alpha value is -2.41. The van der Waals surface area contributed by atoms with E-state index < -0.39 is 16.1 Å². The van der Waals surface area contributed by atoms with Crippen molar-refractivity contribution in [2.75, 3.05) is 5.32 Å². The molecule has 0 radical (unpaired) electrons. The lowest BCUT2D eigenvalue weighted by atomic mass is 9.99. The highest BCUT2D eigenvalue weighted by Gasteiger charge is 2.26. The van der Waals surface area contributed by atoms with E-state index in [1.807, 2.05) is 0 Å². The maximum Gasteiger partial charge on any atom is 0.333 e. The van der Waals surface area contributed by atoms with Crippen molar-refractivity contribution in [2.45, 2.75) is 50.3 Å². The summed E-state index contributed by atoms with van der Waals surface area (Å²) in [6, 6.07) is 4.53. The lowest BCUT2D eigenvalue weighted by Gasteiger charge is -2.16. The highest BCUT2D eigenvalue weighted by molar-refractivity contribution is 7.90. The molecule has 1 aromatic carbocycles. The molecule has 0 saturated heterocycles. The Labute approximate surface area is 153 Å². The Morgan fingerprint density at radius 1 is 1.08 bits per heavy atom. The molecule has 26 heavy (non-hydrogen) atoms. The molecular weight excluding hydrogens is 350 g/mol. The van der Waals surface area contributed by atoms with E-state index in [9.17, 15) is 13.2 Å². The lowest BCUT2D eigenvalue weighted by molar-refractivity contribution is 0.256. The highest BCUT2D eigenvalue weighted by Crippen LogP contribution is 2.38. The first kappa shape index (κ1) is 17.0. The van der Waals surface area contributed by atoms with Crippen LogP contribution in [0.5, 0.6) is 0 Å². The van der Waals surface area contributed by atoms with Crippen LogP contribution in [0.1, 0.15) is 40.8 Å². The molecule has 0 saturated carbocycles. The van der Waals surface area contributed by atoms with Gasteiger partial charge in [-0.1, -0.05) is 6.07 Å². The fourth-order valence-electron chi connectivity index (χ4n) is 4.04. The largest absolute Gasteiger partial charge is 0.333 e. The van der Waals surface area contributed by atoms with E-state index in [1.165, 1.54) is 29.5 Å². The van der Waals surface area contributed by atoms with Crippen LogP contribution < -0.4 is 10.0 Å². The number of fused-ring (bicyclic) bond motifs is 2. The second kappa shape index (κ2) is 6.39. The minimum absolute atomic E-state index is 0.0127. The molecular formula is C19H21N3O3S. The zero-order valence-electron chi connectivity index (χ0n) is 14.6. The van der Waals surface area contributed by atoms with Gasteiger partial charge < -0.3 is 5.32 Å². The van der Waals surface area contributed by atoms with Gasteiger partial charge in [-0.15, -0.1) is 0 Å². The summed E-state index contributed by atoms with van der Waals surface area (Å²) in [4.78, 5) is 16.5. The van der Waals surface area contributed by atoms with Crippen LogP contribution in [-0.4, -0.2) is 19.4 Å². The normalized spacial score (nSPS) is 15.4. The molecule has 1 heterocycles. The van der Waals surface area contributed by atoms with Gasteiger partial charge in [-0.05, 0) is 79.8 Å². The Bertz CT molecular complexity index is 967. The van der Waals surface area contributed by atoms with Crippen LogP contribution in [0, 0.1) is 6.92 Å². The average Bonchev–Trinajstić information content (AvgIpc) is 3.23. The molecule has 7 heteroatoms. The van der Waals surface area contributed by atoms with Crippen LogP contribution >= 0.6 is 0 Å². The maximum atomic E-state index is 12.5. The average molecular weight is 371 g/mol. The van der Waals surface area contributed by atoms with Gasteiger partial charge in [0.05, 0.1) is 5.69 Å². The van der Waals surface area contributed by atoms with Crippen molar-refractivity contribution >= 4 is 21.7 Å². The second-order valence-electron chi connectivity index (χ2n) is 6.88. The molecule has 2 aromatic rings. The number of rotatable bonds is 3. The molecule has 2 aliphatic rings. The summed E-state index contributed by atoms with van der Waals surface area (Å²) in [5, 5.41) is 2.84. The molecule has 0 aliphatic heterocycles. The number of aryl methyl sites for hydroxylation is 3. The van der Waals surface area contributed by atoms with Crippen LogP contribution in [0.4, 0.5) is 10.5 Å². The number of nitrogens with zero attached hydrogens (tertiary/aromatic N) is 1. The van der Waals surface area contributed by atoms with Gasteiger partial charge in [0.1, 0.15) is 4.90 Å². The lowest BCUT2D eigenvalue weighted by Crippen LogP contribution is -2.35. The van der Waals surface area contributed by atoms with Crippen LogP contribution in [0.25, 0.3) is 0 Å². The van der Waals surface area contributed by atoms with Gasteiger partial charge in [0, 0.05) is 11.9 Å². The summed E-state index contributed by atoms with van der Waals surface area (Å²) in [5.74, 6) is 0. The predicted molar refractivity (Wildman–Crippen MR) is 98.8 cm³/mol. The third-order valence-electron chi connectivity index (χ3n) is 5.19. The number of anilines is 1. The number of sulfonamides is 1. The number of nitrogens with one attached hydrogen (secondary N) is 2.